The monoisotopic (exact) mass is 260 g/mol. The Morgan fingerprint density at radius 1 is 1.56 bits per heavy atom. The first-order chi connectivity index (χ1) is 7.71. The summed E-state index contributed by atoms with van der Waals surface area (Å²) >= 11 is 3.66. The fourth-order valence-corrected chi connectivity index (χ4v) is 3.15. The maximum Gasteiger partial charge on any atom is 0.103 e. The smallest absolute Gasteiger partial charge is 0.103 e. The molecule has 0 spiro atoms. The molecule has 1 aromatic heterocycles. The van der Waals surface area contributed by atoms with Crippen molar-refractivity contribution in [2.75, 3.05) is 7.11 Å². The lowest BCUT2D eigenvalue weighted by Gasteiger charge is -2.05. The molecule has 92 valence electrons. The molecule has 0 fully saturated rings. The van der Waals surface area contributed by atoms with E-state index >= 15 is 0 Å². The molecule has 0 aliphatic rings. The van der Waals surface area contributed by atoms with Crippen molar-refractivity contribution in [3.8, 4) is 0 Å². The molecule has 1 rings (SSSR count). The van der Waals surface area contributed by atoms with Gasteiger partial charge in [-0.15, -0.1) is 11.3 Å². The molecule has 16 heavy (non-hydrogen) atoms. The lowest BCUT2D eigenvalue weighted by atomic mass is 10.4. The van der Waals surface area contributed by atoms with Gasteiger partial charge in [0.2, 0.25) is 0 Å². The van der Waals surface area contributed by atoms with Gasteiger partial charge < -0.3 is 10.5 Å². The van der Waals surface area contributed by atoms with E-state index in [0.717, 1.165) is 21.3 Å². The molecule has 1 heterocycles. The van der Waals surface area contributed by atoms with Crippen LogP contribution in [0.25, 0.3) is 0 Å². The number of methoxy groups -OCH3 is 1. The van der Waals surface area contributed by atoms with Gasteiger partial charge in [-0.25, -0.2) is 4.98 Å². The Morgan fingerprint density at radius 2 is 2.31 bits per heavy atom. The maximum absolute atomic E-state index is 5.68. The van der Waals surface area contributed by atoms with Crippen LogP contribution in [0.2, 0.25) is 0 Å². The fraction of sp³-hybridized carbons (Fsp3) is 0.727. The van der Waals surface area contributed by atoms with Gasteiger partial charge in [0.05, 0.1) is 12.3 Å². The Bertz CT molecular complexity index is 315. The summed E-state index contributed by atoms with van der Waals surface area (Å²) in [6.07, 6.45) is 1.20. The van der Waals surface area contributed by atoms with Crippen molar-refractivity contribution in [1.29, 1.82) is 0 Å². The Hall–Kier alpha value is -0.100. The largest absolute Gasteiger partial charge is 0.378 e. The van der Waals surface area contributed by atoms with Gasteiger partial charge in [-0.05, 0) is 6.42 Å². The second-order valence-electron chi connectivity index (χ2n) is 3.64. The molecule has 0 aliphatic heterocycles. The van der Waals surface area contributed by atoms with Crippen LogP contribution in [0.1, 0.15) is 35.8 Å². The number of nitrogens with two attached hydrogens (primary N) is 1. The number of thiazole rings is 1. The first kappa shape index (κ1) is 14.0. The molecule has 1 unspecified atom stereocenters. The number of hydrogen-bond donors (Lipinski definition) is 1. The molecule has 0 amide bonds. The average Bonchev–Trinajstić information content (AvgIpc) is 2.69. The van der Waals surface area contributed by atoms with Crippen LogP contribution in [0.4, 0.5) is 0 Å². The van der Waals surface area contributed by atoms with Crippen molar-refractivity contribution in [2.24, 2.45) is 5.73 Å². The minimum atomic E-state index is 0.560. The van der Waals surface area contributed by atoms with Crippen molar-refractivity contribution in [3.63, 3.8) is 0 Å². The van der Waals surface area contributed by atoms with Crippen LogP contribution in [0.15, 0.2) is 0 Å². The number of aromatic nitrogens is 1. The van der Waals surface area contributed by atoms with Gasteiger partial charge in [0.25, 0.3) is 0 Å². The topological polar surface area (TPSA) is 48.1 Å². The second-order valence-corrected chi connectivity index (χ2v) is 6.24. The first-order valence-corrected chi connectivity index (χ1v) is 7.35. The average molecular weight is 260 g/mol. The molecule has 5 heteroatoms. The van der Waals surface area contributed by atoms with E-state index < -0.39 is 0 Å². The van der Waals surface area contributed by atoms with E-state index in [-0.39, 0.29) is 0 Å². The van der Waals surface area contributed by atoms with E-state index in [2.05, 4.69) is 18.8 Å². The van der Waals surface area contributed by atoms with Crippen molar-refractivity contribution in [3.05, 3.63) is 15.6 Å². The molecule has 0 radical (unpaired) electrons. The molecular weight excluding hydrogens is 240 g/mol. The van der Waals surface area contributed by atoms with Crippen LogP contribution in [0.3, 0.4) is 0 Å². The predicted octanol–water partition coefficient (Wildman–Crippen LogP) is 2.78. The molecule has 1 aromatic rings. The number of thioether (sulfide) groups is 1. The Balaban J connectivity index is 2.60. The first-order valence-electron chi connectivity index (χ1n) is 5.49. The van der Waals surface area contributed by atoms with E-state index in [1.165, 1.54) is 6.42 Å². The third kappa shape index (κ3) is 4.05. The minimum absolute atomic E-state index is 0.560. The van der Waals surface area contributed by atoms with Crippen molar-refractivity contribution in [2.45, 2.75) is 44.4 Å². The maximum atomic E-state index is 5.68. The zero-order valence-electron chi connectivity index (χ0n) is 10.2. The van der Waals surface area contributed by atoms with Gasteiger partial charge in [0, 0.05) is 29.5 Å². The Morgan fingerprint density at radius 3 is 2.88 bits per heavy atom. The highest BCUT2D eigenvalue weighted by molar-refractivity contribution is 7.99. The van der Waals surface area contributed by atoms with Crippen LogP contribution >= 0.6 is 23.1 Å². The summed E-state index contributed by atoms with van der Waals surface area (Å²) in [6.45, 7) is 5.58. The number of nitrogens with zero attached hydrogens (tertiary/aromatic N) is 1. The summed E-state index contributed by atoms with van der Waals surface area (Å²) in [6, 6.07) is 0. The quantitative estimate of drug-likeness (QED) is 0.819. The summed E-state index contributed by atoms with van der Waals surface area (Å²) in [4.78, 5) is 5.72. The molecule has 1 atom stereocenters. The van der Waals surface area contributed by atoms with Crippen molar-refractivity contribution >= 4 is 23.1 Å². The number of ether oxygens (including phenoxy) is 1. The summed E-state index contributed by atoms with van der Waals surface area (Å²) in [5.41, 5.74) is 6.69. The summed E-state index contributed by atoms with van der Waals surface area (Å²) in [5, 5.41) is 1.86. The van der Waals surface area contributed by atoms with E-state index in [4.69, 9.17) is 10.5 Å². The molecular formula is C11H20N2OS2. The van der Waals surface area contributed by atoms with Gasteiger partial charge in [-0.3, -0.25) is 0 Å². The van der Waals surface area contributed by atoms with E-state index in [1.807, 2.05) is 11.8 Å². The standard InChI is InChI=1S/C11H20N2OS2/c1-4-8(2)15-7-11-13-9(6-14-3)10(5-12)16-11/h8H,4-7,12H2,1-3H3. The van der Waals surface area contributed by atoms with Gasteiger partial charge in [0.15, 0.2) is 0 Å². The highest BCUT2D eigenvalue weighted by atomic mass is 32.2. The van der Waals surface area contributed by atoms with Crippen LogP contribution in [-0.4, -0.2) is 17.3 Å². The molecule has 3 nitrogen and oxygen atoms in total. The molecule has 0 aromatic carbocycles. The minimum Gasteiger partial charge on any atom is -0.378 e. The molecule has 0 aliphatic carbocycles. The fourth-order valence-electron chi connectivity index (χ4n) is 1.24. The molecule has 2 N–H and O–H groups in total. The number of hydrogen-bond acceptors (Lipinski definition) is 5. The van der Waals surface area contributed by atoms with Crippen LogP contribution in [-0.2, 0) is 23.6 Å². The van der Waals surface area contributed by atoms with Gasteiger partial charge >= 0.3 is 0 Å². The zero-order chi connectivity index (χ0) is 12.0. The summed E-state index contributed by atoms with van der Waals surface area (Å²) in [5.74, 6) is 0.983. The van der Waals surface area contributed by atoms with Crippen LogP contribution in [0.5, 0.6) is 0 Å². The van der Waals surface area contributed by atoms with Crippen molar-refractivity contribution in [1.82, 2.24) is 4.98 Å². The number of rotatable bonds is 7. The van der Waals surface area contributed by atoms with Crippen LogP contribution in [0, 0.1) is 0 Å². The van der Waals surface area contributed by atoms with Gasteiger partial charge in [-0.1, -0.05) is 13.8 Å². The molecule has 0 bridgehead atoms. The lowest BCUT2D eigenvalue weighted by molar-refractivity contribution is 0.181. The van der Waals surface area contributed by atoms with Gasteiger partial charge in [0.1, 0.15) is 5.01 Å². The Kier molecular flexibility index (Phi) is 6.34. The summed E-state index contributed by atoms with van der Waals surface area (Å²) in [7, 11) is 1.69. The highest BCUT2D eigenvalue weighted by Crippen LogP contribution is 2.25. The third-order valence-corrected chi connectivity index (χ3v) is 5.00. The third-order valence-electron chi connectivity index (χ3n) is 2.36. The highest BCUT2D eigenvalue weighted by Gasteiger charge is 2.10. The normalized spacial score (nSPS) is 13.0. The Labute approximate surface area is 106 Å². The van der Waals surface area contributed by atoms with Gasteiger partial charge in [-0.2, -0.15) is 11.8 Å². The molecule has 0 saturated carbocycles. The molecule has 0 saturated heterocycles. The van der Waals surface area contributed by atoms with E-state index in [9.17, 15) is 0 Å². The van der Waals surface area contributed by atoms with Crippen LogP contribution < -0.4 is 5.73 Å². The SMILES string of the molecule is CCC(C)SCc1nc(COC)c(CN)s1. The lowest BCUT2D eigenvalue weighted by Crippen LogP contribution is -1.99. The summed E-state index contributed by atoms with van der Waals surface area (Å²) < 4.78 is 5.11. The second kappa shape index (κ2) is 7.27. The zero-order valence-corrected chi connectivity index (χ0v) is 11.8. The van der Waals surface area contributed by atoms with E-state index in [0.29, 0.717) is 18.4 Å². The van der Waals surface area contributed by atoms with E-state index in [1.54, 1.807) is 18.4 Å². The predicted molar refractivity (Wildman–Crippen MR) is 71.8 cm³/mol. The van der Waals surface area contributed by atoms with Crippen molar-refractivity contribution < 1.29 is 4.74 Å².